The smallest absolute Gasteiger partial charge is 0.246 e. The van der Waals surface area contributed by atoms with Gasteiger partial charge in [0.25, 0.3) is 0 Å². The minimum atomic E-state index is -1.02. The fourth-order valence-electron chi connectivity index (χ4n) is 1.42. The Morgan fingerprint density at radius 3 is 2.89 bits per heavy atom. The van der Waals surface area contributed by atoms with Gasteiger partial charge in [0.2, 0.25) is 11.8 Å². The number of hydrogen-bond donors (Lipinski definition) is 2. The average Bonchev–Trinajstić information content (AvgIpc) is 2.76. The number of aromatic nitrogens is 1. The van der Waals surface area contributed by atoms with E-state index in [2.05, 4.69) is 15.8 Å². The minimum Gasteiger partial charge on any atom is -0.374 e. The first-order valence-corrected chi connectivity index (χ1v) is 5.47. The molecule has 0 bridgehead atoms. The van der Waals surface area contributed by atoms with Crippen molar-refractivity contribution in [3.8, 4) is 0 Å². The number of amides is 1. The van der Waals surface area contributed by atoms with Crippen LogP contribution in [0.15, 0.2) is 28.8 Å². The van der Waals surface area contributed by atoms with Gasteiger partial charge in [0.05, 0.1) is 17.9 Å². The third-order valence-corrected chi connectivity index (χ3v) is 2.28. The Morgan fingerprint density at radius 2 is 2.21 bits per heavy atom. The van der Waals surface area contributed by atoms with E-state index in [-0.39, 0.29) is 18.1 Å². The zero-order chi connectivity index (χ0) is 13.8. The highest BCUT2D eigenvalue weighted by Crippen LogP contribution is 2.16. The maximum atomic E-state index is 13.3. The highest BCUT2D eigenvalue weighted by atomic mass is 19.2. The normalized spacial score (nSPS) is 10.3. The van der Waals surface area contributed by atoms with Gasteiger partial charge in [-0.1, -0.05) is 11.2 Å². The van der Waals surface area contributed by atoms with Crippen molar-refractivity contribution in [2.75, 3.05) is 17.2 Å². The van der Waals surface area contributed by atoms with E-state index in [9.17, 15) is 13.6 Å². The minimum absolute atomic E-state index is 0.0797. The van der Waals surface area contributed by atoms with Crippen LogP contribution in [0, 0.1) is 18.6 Å². The zero-order valence-electron chi connectivity index (χ0n) is 10.0. The van der Waals surface area contributed by atoms with Crippen LogP contribution in [0.5, 0.6) is 0 Å². The fourth-order valence-corrected chi connectivity index (χ4v) is 1.42. The molecule has 2 N–H and O–H groups in total. The van der Waals surface area contributed by atoms with E-state index < -0.39 is 17.5 Å². The Hall–Kier alpha value is -2.44. The van der Waals surface area contributed by atoms with E-state index >= 15 is 0 Å². The number of carbonyl (C=O) groups is 1. The van der Waals surface area contributed by atoms with Crippen molar-refractivity contribution < 1.29 is 18.1 Å². The number of rotatable bonds is 4. The van der Waals surface area contributed by atoms with Gasteiger partial charge < -0.3 is 9.84 Å². The molecule has 0 atom stereocenters. The Bertz CT molecular complexity index is 598. The molecule has 2 aromatic rings. The molecule has 0 radical (unpaired) electrons. The molecule has 1 amide bonds. The number of hydrogen-bond acceptors (Lipinski definition) is 4. The highest BCUT2D eigenvalue weighted by molar-refractivity contribution is 5.92. The van der Waals surface area contributed by atoms with Crippen molar-refractivity contribution in [1.82, 2.24) is 5.16 Å². The molecule has 1 aromatic heterocycles. The summed E-state index contributed by atoms with van der Waals surface area (Å²) in [5.41, 5.74) is 0.545. The van der Waals surface area contributed by atoms with Crippen LogP contribution in [0.25, 0.3) is 0 Å². The van der Waals surface area contributed by atoms with Gasteiger partial charge in [-0.3, -0.25) is 10.1 Å². The second-order valence-corrected chi connectivity index (χ2v) is 3.84. The van der Waals surface area contributed by atoms with Crippen LogP contribution in [0.2, 0.25) is 0 Å². The van der Waals surface area contributed by atoms with Crippen LogP contribution in [-0.4, -0.2) is 17.6 Å². The van der Waals surface area contributed by atoms with E-state index in [4.69, 9.17) is 4.52 Å². The van der Waals surface area contributed by atoms with Crippen molar-refractivity contribution in [1.29, 1.82) is 0 Å². The molecule has 1 heterocycles. The van der Waals surface area contributed by atoms with Gasteiger partial charge >= 0.3 is 0 Å². The molecule has 100 valence electrons. The monoisotopic (exact) mass is 267 g/mol. The molecule has 1 aromatic carbocycles. The Morgan fingerprint density at radius 1 is 1.42 bits per heavy atom. The molecule has 0 aliphatic rings. The van der Waals surface area contributed by atoms with E-state index in [1.165, 1.54) is 12.1 Å². The zero-order valence-corrected chi connectivity index (χ0v) is 10.0. The van der Waals surface area contributed by atoms with Gasteiger partial charge in [-0.25, -0.2) is 8.78 Å². The Kier molecular flexibility index (Phi) is 3.74. The summed E-state index contributed by atoms with van der Waals surface area (Å²) in [4.78, 5) is 11.5. The Labute approximate surface area is 107 Å². The highest BCUT2D eigenvalue weighted by Gasteiger charge is 2.10. The van der Waals surface area contributed by atoms with E-state index in [1.807, 2.05) is 0 Å². The molecule has 0 spiro atoms. The van der Waals surface area contributed by atoms with Crippen LogP contribution in [-0.2, 0) is 4.79 Å². The summed E-state index contributed by atoms with van der Waals surface area (Å²) < 4.78 is 31.0. The molecule has 0 aliphatic carbocycles. The summed E-state index contributed by atoms with van der Waals surface area (Å²) in [5, 5.41) is 8.51. The van der Waals surface area contributed by atoms with E-state index in [0.29, 0.717) is 5.69 Å². The first-order valence-electron chi connectivity index (χ1n) is 5.47. The van der Waals surface area contributed by atoms with E-state index in [1.54, 1.807) is 13.0 Å². The molecule has 5 nitrogen and oxygen atoms in total. The number of carbonyl (C=O) groups excluding carboxylic acids is 1. The second-order valence-electron chi connectivity index (χ2n) is 3.84. The third-order valence-electron chi connectivity index (χ3n) is 2.28. The Balaban J connectivity index is 1.91. The molecule has 0 fully saturated rings. The maximum Gasteiger partial charge on any atom is 0.246 e. The fraction of sp³-hybridized carbons (Fsp3) is 0.167. The van der Waals surface area contributed by atoms with Crippen LogP contribution >= 0.6 is 0 Å². The van der Waals surface area contributed by atoms with Crippen molar-refractivity contribution in [2.24, 2.45) is 0 Å². The molecule has 2 rings (SSSR count). The molecular weight excluding hydrogens is 256 g/mol. The van der Waals surface area contributed by atoms with Gasteiger partial charge in [0.1, 0.15) is 0 Å². The van der Waals surface area contributed by atoms with Crippen molar-refractivity contribution in [3.63, 3.8) is 0 Å². The number of nitrogens with one attached hydrogen (secondary N) is 2. The lowest BCUT2D eigenvalue weighted by Gasteiger charge is -2.07. The van der Waals surface area contributed by atoms with Gasteiger partial charge in [0, 0.05) is 6.07 Å². The van der Waals surface area contributed by atoms with Crippen LogP contribution < -0.4 is 10.6 Å². The van der Waals surface area contributed by atoms with Crippen molar-refractivity contribution in [3.05, 3.63) is 41.6 Å². The summed E-state index contributed by atoms with van der Waals surface area (Å²) in [5.74, 6) is -2.26. The van der Waals surface area contributed by atoms with E-state index in [0.717, 1.165) is 6.07 Å². The van der Waals surface area contributed by atoms with Crippen molar-refractivity contribution >= 4 is 17.5 Å². The lowest BCUT2D eigenvalue weighted by Crippen LogP contribution is -2.22. The molecule has 0 saturated carbocycles. The molecule has 7 heteroatoms. The molecular formula is C12H11F2N3O2. The molecule has 0 unspecified atom stereocenters. The summed E-state index contributed by atoms with van der Waals surface area (Å²) in [6.07, 6.45) is 0. The molecule has 19 heavy (non-hydrogen) atoms. The lowest BCUT2D eigenvalue weighted by atomic mass is 10.3. The first kappa shape index (κ1) is 13.0. The average molecular weight is 267 g/mol. The predicted octanol–water partition coefficient (Wildman–Crippen LogP) is 2.31. The topological polar surface area (TPSA) is 67.2 Å². The van der Waals surface area contributed by atoms with Gasteiger partial charge in [0.15, 0.2) is 11.6 Å². The second kappa shape index (κ2) is 5.47. The standard InChI is InChI=1S/C12H11F2N3O2/c1-7-5-11(19-17-7)16-10(18)6-15-9-4-2-3-8(13)12(9)14/h2-5,15H,6H2,1H3,(H,16,18). The molecule has 0 aliphatic heterocycles. The summed E-state index contributed by atoms with van der Waals surface area (Å²) in [6.45, 7) is 1.49. The number of anilines is 2. The predicted molar refractivity (Wildman–Crippen MR) is 64.7 cm³/mol. The van der Waals surface area contributed by atoms with Crippen LogP contribution in [0.1, 0.15) is 5.69 Å². The summed E-state index contributed by atoms with van der Waals surface area (Å²) in [7, 11) is 0. The van der Waals surface area contributed by atoms with Gasteiger partial charge in [-0.2, -0.15) is 0 Å². The SMILES string of the molecule is Cc1cc(NC(=O)CNc2cccc(F)c2F)on1. The lowest BCUT2D eigenvalue weighted by molar-refractivity contribution is -0.114. The number of halogens is 2. The third kappa shape index (κ3) is 3.27. The van der Waals surface area contributed by atoms with Crippen LogP contribution in [0.3, 0.4) is 0 Å². The number of nitrogens with zero attached hydrogens (tertiary/aromatic N) is 1. The summed E-state index contributed by atoms with van der Waals surface area (Å²) >= 11 is 0. The van der Waals surface area contributed by atoms with Gasteiger partial charge in [-0.05, 0) is 19.1 Å². The largest absolute Gasteiger partial charge is 0.374 e. The summed E-state index contributed by atoms with van der Waals surface area (Å²) in [6, 6.07) is 5.22. The quantitative estimate of drug-likeness (QED) is 0.892. The van der Waals surface area contributed by atoms with Crippen LogP contribution in [0.4, 0.5) is 20.4 Å². The van der Waals surface area contributed by atoms with Gasteiger partial charge in [-0.15, -0.1) is 0 Å². The number of benzene rings is 1. The first-order chi connectivity index (χ1) is 9.06. The van der Waals surface area contributed by atoms with Crippen molar-refractivity contribution in [2.45, 2.75) is 6.92 Å². The maximum absolute atomic E-state index is 13.3. The number of aryl methyl sites for hydroxylation is 1. The molecule has 0 saturated heterocycles.